The van der Waals surface area contributed by atoms with Gasteiger partial charge in [-0.15, -0.1) is 0 Å². The first-order chi connectivity index (χ1) is 19.6. The number of urea groups is 1. The van der Waals surface area contributed by atoms with Crippen LogP contribution in [0.15, 0.2) is 58.6 Å². The Balaban J connectivity index is 1.67. The summed E-state index contributed by atoms with van der Waals surface area (Å²) >= 11 is 9.57. The lowest BCUT2D eigenvalue weighted by molar-refractivity contribution is -0.384. The van der Waals surface area contributed by atoms with Gasteiger partial charge in [-0.2, -0.15) is 0 Å². The molecule has 0 atom stereocenters. The number of carbonyl (C=O) groups is 3. The predicted molar refractivity (Wildman–Crippen MR) is 152 cm³/mol. The molecule has 3 aromatic rings. The SMILES string of the molecule is COc1cc(N2C(=O)NC(=O)/C(=C\c3cc(Br)c(OCc4cccc([N+](=O)[O-])c4)c(OC)c3)C2=O)c(OC)cc1Cl. The summed E-state index contributed by atoms with van der Waals surface area (Å²) < 4.78 is 22.2. The minimum atomic E-state index is -0.983. The van der Waals surface area contributed by atoms with Gasteiger partial charge in [0.05, 0.1) is 41.4 Å². The summed E-state index contributed by atoms with van der Waals surface area (Å²) in [6.45, 7) is 0.00142. The van der Waals surface area contributed by atoms with Crippen molar-refractivity contribution in [1.82, 2.24) is 5.32 Å². The van der Waals surface area contributed by atoms with Crippen LogP contribution in [-0.4, -0.2) is 44.1 Å². The summed E-state index contributed by atoms with van der Waals surface area (Å²) in [7, 11) is 4.10. The van der Waals surface area contributed by atoms with Crippen LogP contribution in [0.2, 0.25) is 5.02 Å². The number of non-ortho nitro benzene ring substituents is 1. The van der Waals surface area contributed by atoms with Gasteiger partial charge in [0.15, 0.2) is 11.5 Å². The molecule has 3 aromatic carbocycles. The van der Waals surface area contributed by atoms with Crippen molar-refractivity contribution in [2.75, 3.05) is 26.2 Å². The zero-order valence-corrected chi connectivity index (χ0v) is 24.1. The Morgan fingerprint density at radius 1 is 1.00 bits per heavy atom. The molecular weight excluding hydrogens is 626 g/mol. The van der Waals surface area contributed by atoms with E-state index in [1.807, 2.05) is 0 Å². The minimum absolute atomic E-state index is 0.00142. The summed E-state index contributed by atoms with van der Waals surface area (Å²) in [4.78, 5) is 50.3. The standard InChI is InChI=1S/C27H21BrClN3O9/c1-38-21-12-20(22(39-2)11-19(21)29)31-26(34)17(25(33)30-27(31)35)8-15-9-18(28)24(23(10-15)40-3)41-13-14-5-4-6-16(7-14)32(36)37/h4-12H,13H2,1-3H3,(H,30,33,35)/b17-8+. The van der Waals surface area contributed by atoms with Gasteiger partial charge < -0.3 is 18.9 Å². The normalized spacial score (nSPS) is 14.1. The highest BCUT2D eigenvalue weighted by Crippen LogP contribution is 2.40. The van der Waals surface area contributed by atoms with Crippen LogP contribution in [0.4, 0.5) is 16.2 Å². The zero-order chi connectivity index (χ0) is 29.8. The average Bonchev–Trinajstić information content (AvgIpc) is 2.94. The van der Waals surface area contributed by atoms with E-state index >= 15 is 0 Å². The van der Waals surface area contributed by atoms with Crippen molar-refractivity contribution in [2.24, 2.45) is 0 Å². The predicted octanol–water partition coefficient (Wildman–Crippen LogP) is 5.28. The van der Waals surface area contributed by atoms with Crippen LogP contribution in [-0.2, 0) is 16.2 Å². The topological polar surface area (TPSA) is 147 Å². The minimum Gasteiger partial charge on any atom is -0.495 e. The smallest absolute Gasteiger partial charge is 0.336 e. The number of nitro groups is 1. The van der Waals surface area contributed by atoms with Crippen LogP contribution in [0.25, 0.3) is 6.08 Å². The van der Waals surface area contributed by atoms with E-state index in [2.05, 4.69) is 21.2 Å². The number of imide groups is 2. The third kappa shape index (κ3) is 6.10. The number of nitrogens with one attached hydrogen (secondary N) is 1. The van der Waals surface area contributed by atoms with Crippen molar-refractivity contribution in [1.29, 1.82) is 0 Å². The molecule has 4 rings (SSSR count). The number of nitro benzene ring substituents is 1. The highest BCUT2D eigenvalue weighted by atomic mass is 79.9. The Hall–Kier alpha value is -4.62. The number of ether oxygens (including phenoxy) is 4. The number of nitrogens with zero attached hydrogens (tertiary/aromatic N) is 2. The monoisotopic (exact) mass is 645 g/mol. The number of carbonyl (C=O) groups excluding carboxylic acids is 3. The first-order valence-electron chi connectivity index (χ1n) is 11.6. The number of hydrogen-bond acceptors (Lipinski definition) is 9. The summed E-state index contributed by atoms with van der Waals surface area (Å²) in [5.74, 6) is -1.00. The van der Waals surface area contributed by atoms with Crippen LogP contribution >= 0.6 is 27.5 Å². The largest absolute Gasteiger partial charge is 0.495 e. The van der Waals surface area contributed by atoms with E-state index in [-0.39, 0.29) is 51.6 Å². The summed E-state index contributed by atoms with van der Waals surface area (Å²) in [5.41, 5.74) is 0.516. The molecule has 0 aromatic heterocycles. The van der Waals surface area contributed by atoms with E-state index in [1.54, 1.807) is 18.2 Å². The summed E-state index contributed by atoms with van der Waals surface area (Å²) in [6, 6.07) is 10.8. The van der Waals surface area contributed by atoms with E-state index in [0.29, 0.717) is 15.6 Å². The Bertz CT molecular complexity index is 1610. The van der Waals surface area contributed by atoms with Gasteiger partial charge in [-0.3, -0.25) is 25.0 Å². The Morgan fingerprint density at radius 2 is 1.71 bits per heavy atom. The van der Waals surface area contributed by atoms with Gasteiger partial charge in [-0.25, -0.2) is 9.69 Å². The Kier molecular flexibility index (Phi) is 8.79. The molecule has 1 heterocycles. The molecule has 41 heavy (non-hydrogen) atoms. The van der Waals surface area contributed by atoms with Crippen molar-refractivity contribution in [2.45, 2.75) is 6.61 Å². The molecule has 0 aliphatic carbocycles. The van der Waals surface area contributed by atoms with Crippen LogP contribution in [0.3, 0.4) is 0 Å². The van der Waals surface area contributed by atoms with Crippen molar-refractivity contribution >= 4 is 62.8 Å². The van der Waals surface area contributed by atoms with Gasteiger partial charge in [-0.1, -0.05) is 23.7 Å². The third-order valence-electron chi connectivity index (χ3n) is 5.86. The zero-order valence-electron chi connectivity index (χ0n) is 21.7. The van der Waals surface area contributed by atoms with Crippen molar-refractivity contribution in [3.63, 3.8) is 0 Å². The van der Waals surface area contributed by atoms with Gasteiger partial charge in [0.25, 0.3) is 17.5 Å². The van der Waals surface area contributed by atoms with Crippen LogP contribution in [0.5, 0.6) is 23.0 Å². The van der Waals surface area contributed by atoms with E-state index < -0.39 is 22.8 Å². The molecule has 0 unspecified atom stereocenters. The first-order valence-corrected chi connectivity index (χ1v) is 12.8. The van der Waals surface area contributed by atoms with Gasteiger partial charge in [0, 0.05) is 24.3 Å². The van der Waals surface area contributed by atoms with Crippen LogP contribution in [0, 0.1) is 10.1 Å². The highest BCUT2D eigenvalue weighted by molar-refractivity contribution is 9.10. The van der Waals surface area contributed by atoms with E-state index in [1.165, 1.54) is 57.7 Å². The number of hydrogen-bond donors (Lipinski definition) is 1. The average molecular weight is 647 g/mol. The maximum absolute atomic E-state index is 13.5. The molecule has 212 valence electrons. The molecule has 12 nitrogen and oxygen atoms in total. The van der Waals surface area contributed by atoms with Crippen molar-refractivity contribution in [3.8, 4) is 23.0 Å². The van der Waals surface area contributed by atoms with Gasteiger partial charge in [0.1, 0.15) is 23.7 Å². The second kappa shape index (κ2) is 12.3. The van der Waals surface area contributed by atoms with Gasteiger partial charge in [0.2, 0.25) is 0 Å². The maximum Gasteiger partial charge on any atom is 0.336 e. The maximum atomic E-state index is 13.5. The Labute approximate surface area is 246 Å². The molecule has 1 aliphatic heterocycles. The number of halogens is 2. The molecule has 1 fully saturated rings. The summed E-state index contributed by atoms with van der Waals surface area (Å²) in [6.07, 6.45) is 1.29. The number of anilines is 1. The lowest BCUT2D eigenvalue weighted by atomic mass is 10.1. The number of rotatable bonds is 9. The van der Waals surface area contributed by atoms with Crippen LogP contribution < -0.4 is 29.2 Å². The molecule has 0 bridgehead atoms. The molecule has 14 heteroatoms. The molecule has 1 aliphatic rings. The fourth-order valence-corrected chi connectivity index (χ4v) is 4.75. The van der Waals surface area contributed by atoms with Crippen molar-refractivity contribution in [3.05, 3.63) is 84.8 Å². The first kappa shape index (κ1) is 29.4. The fraction of sp³-hybridized carbons (Fsp3) is 0.148. The second-order valence-corrected chi connectivity index (χ2v) is 9.63. The lowest BCUT2D eigenvalue weighted by Crippen LogP contribution is -2.54. The summed E-state index contributed by atoms with van der Waals surface area (Å²) in [5, 5.41) is 13.4. The fourth-order valence-electron chi connectivity index (χ4n) is 3.94. The van der Waals surface area contributed by atoms with E-state index in [4.69, 9.17) is 30.5 Å². The molecule has 1 N–H and O–H groups in total. The number of methoxy groups -OCH3 is 3. The third-order valence-corrected chi connectivity index (χ3v) is 6.75. The lowest BCUT2D eigenvalue weighted by Gasteiger charge is -2.28. The van der Waals surface area contributed by atoms with Gasteiger partial charge in [-0.05, 0) is 45.3 Å². The number of barbiturate groups is 1. The number of benzene rings is 3. The second-order valence-electron chi connectivity index (χ2n) is 8.37. The molecule has 1 saturated heterocycles. The quantitative estimate of drug-likeness (QED) is 0.142. The molecule has 4 amide bonds. The van der Waals surface area contributed by atoms with Crippen LogP contribution in [0.1, 0.15) is 11.1 Å². The molecule has 0 spiro atoms. The van der Waals surface area contributed by atoms with E-state index in [9.17, 15) is 24.5 Å². The Morgan fingerprint density at radius 3 is 2.37 bits per heavy atom. The molecule has 0 saturated carbocycles. The van der Waals surface area contributed by atoms with Gasteiger partial charge >= 0.3 is 6.03 Å². The molecule has 0 radical (unpaired) electrons. The number of amides is 4. The van der Waals surface area contributed by atoms with Crippen molar-refractivity contribution < 1.29 is 38.3 Å². The highest BCUT2D eigenvalue weighted by Gasteiger charge is 2.38. The van der Waals surface area contributed by atoms with E-state index in [0.717, 1.165) is 4.90 Å². The molecular formula is C27H21BrClN3O9.